The molecular formula is C28H28F4N8O2. The van der Waals surface area contributed by atoms with Crippen LogP contribution in [0.3, 0.4) is 0 Å². The third-order valence-electron chi connectivity index (χ3n) is 7.52. The van der Waals surface area contributed by atoms with Crippen molar-refractivity contribution in [3.8, 4) is 28.7 Å². The van der Waals surface area contributed by atoms with Crippen LogP contribution in [0.5, 0.6) is 5.88 Å². The molecule has 1 aliphatic heterocycles. The Labute approximate surface area is 238 Å². The van der Waals surface area contributed by atoms with Gasteiger partial charge < -0.3 is 9.30 Å². The highest BCUT2D eigenvalue weighted by molar-refractivity contribution is 5.94. The maximum absolute atomic E-state index is 13.4. The number of hydrogen-bond acceptors (Lipinski definition) is 7. The highest BCUT2D eigenvalue weighted by Gasteiger charge is 2.37. The second-order valence-electron chi connectivity index (χ2n) is 10.7. The topological polar surface area (TPSA) is 104 Å². The number of imidazole rings is 1. The largest absolute Gasteiger partial charge is 0.480 e. The van der Waals surface area contributed by atoms with Gasteiger partial charge in [-0.25, -0.2) is 24.0 Å². The van der Waals surface area contributed by atoms with Crippen LogP contribution in [-0.4, -0.2) is 54.0 Å². The summed E-state index contributed by atoms with van der Waals surface area (Å²) in [7, 11) is 1.52. The molecule has 2 unspecified atom stereocenters. The number of ether oxygens (including phenoxy) is 1. The van der Waals surface area contributed by atoms with Gasteiger partial charge in [0.1, 0.15) is 24.4 Å². The summed E-state index contributed by atoms with van der Waals surface area (Å²) in [6, 6.07) is 5.80. The standard InChI is InChI=1S/C28H28F4N8O2/c1-15-11-40-27(36-23(37-40)21-22(18-8-9-18)33-14-34-25(21)42-3)39(26(15)41)12-17-4-6-19(7-5-17)24-35-20(28(30,31)32)13-38(24)16(2)10-29/h4-7,13-16,18H,8-12H2,1-3H3. The number of amides is 1. The summed E-state index contributed by atoms with van der Waals surface area (Å²) in [4.78, 5) is 32.1. The van der Waals surface area contributed by atoms with Gasteiger partial charge in [0, 0.05) is 17.7 Å². The molecule has 0 N–H and O–H groups in total. The lowest BCUT2D eigenvalue weighted by Gasteiger charge is -2.29. The van der Waals surface area contributed by atoms with Gasteiger partial charge in [-0.05, 0) is 25.3 Å². The van der Waals surface area contributed by atoms with Gasteiger partial charge in [0.15, 0.2) is 11.5 Å². The van der Waals surface area contributed by atoms with Crippen LogP contribution in [0.1, 0.15) is 55.6 Å². The lowest BCUT2D eigenvalue weighted by Crippen LogP contribution is -2.42. The zero-order valence-corrected chi connectivity index (χ0v) is 23.1. The lowest BCUT2D eigenvalue weighted by atomic mass is 10.1. The van der Waals surface area contributed by atoms with Crippen LogP contribution in [-0.2, 0) is 24.1 Å². The van der Waals surface area contributed by atoms with E-state index in [1.54, 1.807) is 33.8 Å². The van der Waals surface area contributed by atoms with Crippen molar-refractivity contribution in [1.82, 2.24) is 34.3 Å². The van der Waals surface area contributed by atoms with E-state index in [0.29, 0.717) is 40.9 Å². The van der Waals surface area contributed by atoms with E-state index in [0.717, 1.165) is 24.7 Å². The van der Waals surface area contributed by atoms with Gasteiger partial charge in [0.25, 0.3) is 0 Å². The number of fused-ring (bicyclic) bond motifs is 1. The molecule has 42 heavy (non-hydrogen) atoms. The van der Waals surface area contributed by atoms with Gasteiger partial charge >= 0.3 is 6.18 Å². The second kappa shape index (κ2) is 10.5. The summed E-state index contributed by atoms with van der Waals surface area (Å²) >= 11 is 0. The third-order valence-corrected chi connectivity index (χ3v) is 7.52. The Kier molecular flexibility index (Phi) is 6.93. The molecule has 4 heterocycles. The first-order valence-electron chi connectivity index (χ1n) is 13.6. The van der Waals surface area contributed by atoms with E-state index in [9.17, 15) is 22.4 Å². The molecule has 10 nitrogen and oxygen atoms in total. The van der Waals surface area contributed by atoms with Crippen LogP contribution in [0, 0.1) is 5.92 Å². The number of anilines is 1. The van der Waals surface area contributed by atoms with Gasteiger partial charge in [0.2, 0.25) is 17.7 Å². The minimum absolute atomic E-state index is 0.0107. The summed E-state index contributed by atoms with van der Waals surface area (Å²) in [6.07, 6.45) is -0.369. The van der Waals surface area contributed by atoms with Gasteiger partial charge in [-0.3, -0.25) is 9.69 Å². The van der Waals surface area contributed by atoms with E-state index in [1.165, 1.54) is 24.9 Å². The average molecular weight is 585 g/mol. The average Bonchev–Trinajstić information content (AvgIpc) is 3.58. The Hall–Kier alpha value is -4.36. The van der Waals surface area contributed by atoms with Crippen molar-refractivity contribution in [2.75, 3.05) is 18.7 Å². The number of halogens is 4. The minimum Gasteiger partial charge on any atom is -0.480 e. The molecule has 0 saturated heterocycles. The molecule has 6 rings (SSSR count). The van der Waals surface area contributed by atoms with E-state index in [1.807, 2.05) is 6.92 Å². The molecule has 1 aliphatic carbocycles. The third kappa shape index (κ3) is 4.98. The number of carbonyl (C=O) groups excluding carboxylic acids is 1. The lowest BCUT2D eigenvalue weighted by molar-refractivity contribution is -0.141. The smallest absolute Gasteiger partial charge is 0.434 e. The predicted molar refractivity (Wildman–Crippen MR) is 143 cm³/mol. The molecule has 1 aromatic carbocycles. The van der Waals surface area contributed by atoms with Gasteiger partial charge in [-0.2, -0.15) is 18.2 Å². The second-order valence-corrected chi connectivity index (χ2v) is 10.7. The van der Waals surface area contributed by atoms with Crippen LogP contribution in [0.2, 0.25) is 0 Å². The first kappa shape index (κ1) is 27.8. The normalized spacial score (nSPS) is 17.8. The molecule has 3 aromatic heterocycles. The summed E-state index contributed by atoms with van der Waals surface area (Å²) < 4.78 is 61.9. The van der Waals surface area contributed by atoms with Crippen LogP contribution in [0.4, 0.5) is 23.5 Å². The Morgan fingerprint density at radius 1 is 1.12 bits per heavy atom. The number of methoxy groups -OCH3 is 1. The number of benzene rings is 1. The molecule has 1 saturated carbocycles. The van der Waals surface area contributed by atoms with Crippen LogP contribution in [0.15, 0.2) is 36.8 Å². The summed E-state index contributed by atoms with van der Waals surface area (Å²) in [6.45, 7) is 2.96. The van der Waals surface area contributed by atoms with Crippen molar-refractivity contribution in [1.29, 1.82) is 0 Å². The fourth-order valence-corrected chi connectivity index (χ4v) is 5.12. The van der Waals surface area contributed by atoms with Crippen LogP contribution in [0.25, 0.3) is 22.8 Å². The first-order valence-corrected chi connectivity index (χ1v) is 13.6. The van der Waals surface area contributed by atoms with E-state index in [-0.39, 0.29) is 30.1 Å². The quantitative estimate of drug-likeness (QED) is 0.262. The van der Waals surface area contributed by atoms with Crippen molar-refractivity contribution in [3.63, 3.8) is 0 Å². The Morgan fingerprint density at radius 2 is 1.86 bits per heavy atom. The van der Waals surface area contributed by atoms with E-state index in [4.69, 9.17) is 14.8 Å². The minimum atomic E-state index is -4.66. The molecule has 2 aliphatic rings. The Bertz CT molecular complexity index is 1630. The van der Waals surface area contributed by atoms with Crippen molar-refractivity contribution >= 4 is 11.9 Å². The monoisotopic (exact) mass is 584 g/mol. The van der Waals surface area contributed by atoms with Gasteiger partial charge in [-0.1, -0.05) is 31.2 Å². The summed E-state index contributed by atoms with van der Waals surface area (Å²) in [5, 5.41) is 4.71. The first-order chi connectivity index (χ1) is 20.1. The van der Waals surface area contributed by atoms with Crippen molar-refractivity contribution in [2.24, 2.45) is 5.92 Å². The van der Waals surface area contributed by atoms with Crippen molar-refractivity contribution in [3.05, 3.63) is 53.7 Å². The van der Waals surface area contributed by atoms with Crippen LogP contribution < -0.4 is 9.64 Å². The molecule has 1 fully saturated rings. The summed E-state index contributed by atoms with van der Waals surface area (Å²) in [5.41, 5.74) is 1.45. The molecular weight excluding hydrogens is 556 g/mol. The van der Waals surface area contributed by atoms with Crippen LogP contribution >= 0.6 is 0 Å². The van der Waals surface area contributed by atoms with E-state index >= 15 is 0 Å². The van der Waals surface area contributed by atoms with E-state index in [2.05, 4.69) is 15.0 Å². The maximum atomic E-state index is 13.4. The fourth-order valence-electron chi connectivity index (χ4n) is 5.12. The van der Waals surface area contributed by atoms with Gasteiger partial charge in [-0.15, -0.1) is 5.10 Å². The van der Waals surface area contributed by atoms with Gasteiger partial charge in [0.05, 0.1) is 37.9 Å². The number of carbonyl (C=O) groups is 1. The Morgan fingerprint density at radius 3 is 2.50 bits per heavy atom. The number of aromatic nitrogens is 7. The molecule has 1 amide bonds. The molecule has 4 aromatic rings. The maximum Gasteiger partial charge on any atom is 0.434 e. The highest BCUT2D eigenvalue weighted by atomic mass is 19.4. The molecule has 0 radical (unpaired) electrons. The van der Waals surface area contributed by atoms with E-state index < -0.39 is 24.6 Å². The molecule has 0 bridgehead atoms. The number of nitrogens with zero attached hydrogens (tertiary/aromatic N) is 8. The van der Waals surface area contributed by atoms with Crippen molar-refractivity contribution < 1.29 is 27.1 Å². The highest BCUT2D eigenvalue weighted by Crippen LogP contribution is 2.45. The summed E-state index contributed by atoms with van der Waals surface area (Å²) in [5.74, 6) is 0.906. The molecule has 220 valence electrons. The zero-order valence-electron chi connectivity index (χ0n) is 23.1. The predicted octanol–water partition coefficient (Wildman–Crippen LogP) is 5.22. The zero-order chi connectivity index (χ0) is 29.8. The fraction of sp³-hybridized carbons (Fsp3) is 0.429. The molecule has 14 heteroatoms. The number of hydrogen-bond donors (Lipinski definition) is 0. The van der Waals surface area contributed by atoms with Crippen molar-refractivity contribution in [2.45, 2.75) is 57.9 Å². The number of alkyl halides is 4. The number of rotatable bonds is 8. The SMILES string of the molecule is COc1ncnc(C2CC2)c1-c1nc2n(n1)CC(C)C(=O)N2Cc1ccc(-c2nc(C(F)(F)F)cn2C(C)CF)cc1. The molecule has 2 atom stereocenters. The molecule has 0 spiro atoms. The Balaban J connectivity index is 1.32.